The fraction of sp³-hybridized carbons (Fsp3) is 0.348. The van der Waals surface area contributed by atoms with Gasteiger partial charge in [-0.05, 0) is 50.1 Å². The maximum absolute atomic E-state index is 13.2. The smallest absolute Gasteiger partial charge is 0.416 e. The summed E-state index contributed by atoms with van der Waals surface area (Å²) in [6.07, 6.45) is -8.39. The van der Waals surface area contributed by atoms with Crippen molar-refractivity contribution in [2.24, 2.45) is 0 Å². The lowest BCUT2D eigenvalue weighted by Gasteiger charge is -2.14. The molecule has 0 aliphatic carbocycles. The van der Waals surface area contributed by atoms with E-state index in [1.807, 2.05) is 0 Å². The standard InChI is InChI=1S/C23H19F6NO4S2/c1-12(19-20(33)30(21(35)36-19)8-4-2-3-5-18(31)32)16-6-7-17(34-16)13-9-14(22(24,25)26)11-15(10-13)23(27,28)29/h6-7,9-11H,2-5,8H2,1H3,(H,31,32)/b19-12+. The second-order valence-corrected chi connectivity index (χ2v) is 9.59. The minimum absolute atomic E-state index is 0.0224. The molecule has 0 saturated carbocycles. The first-order valence-corrected chi connectivity index (χ1v) is 11.8. The SMILES string of the molecule is C/C(=C1\SC(=S)N(CCCCCC(=O)O)C1=O)c1ccc(-c2cc(C(F)(F)F)cc(C(F)(F)F)c2)o1. The van der Waals surface area contributed by atoms with E-state index in [4.69, 9.17) is 21.7 Å². The molecule has 0 unspecified atom stereocenters. The molecule has 1 amide bonds. The summed E-state index contributed by atoms with van der Waals surface area (Å²) in [7, 11) is 0. The molecule has 2 aromatic rings. The number of unbranched alkanes of at least 4 members (excludes halogenated alkanes) is 2. The van der Waals surface area contributed by atoms with Crippen molar-refractivity contribution in [2.45, 2.75) is 45.0 Å². The predicted octanol–water partition coefficient (Wildman–Crippen LogP) is 7.22. The van der Waals surface area contributed by atoms with Gasteiger partial charge >= 0.3 is 18.3 Å². The number of carboxylic acid groups (broad SMARTS) is 1. The van der Waals surface area contributed by atoms with Crippen molar-refractivity contribution in [3.8, 4) is 11.3 Å². The summed E-state index contributed by atoms with van der Waals surface area (Å²) in [5.74, 6) is -1.44. The molecule has 1 N–H and O–H groups in total. The molecule has 36 heavy (non-hydrogen) atoms. The highest BCUT2D eigenvalue weighted by atomic mass is 32.2. The van der Waals surface area contributed by atoms with Crippen molar-refractivity contribution in [2.75, 3.05) is 6.54 Å². The number of furan rings is 1. The van der Waals surface area contributed by atoms with Crippen LogP contribution < -0.4 is 0 Å². The molecular formula is C23H19F6NO4S2. The molecule has 5 nitrogen and oxygen atoms in total. The summed E-state index contributed by atoms with van der Waals surface area (Å²) in [5, 5.41) is 8.68. The van der Waals surface area contributed by atoms with Crippen LogP contribution in [0.2, 0.25) is 0 Å². The van der Waals surface area contributed by atoms with E-state index in [0.29, 0.717) is 37.0 Å². The Morgan fingerprint density at radius 1 is 1.03 bits per heavy atom. The minimum Gasteiger partial charge on any atom is -0.481 e. The van der Waals surface area contributed by atoms with Crippen molar-refractivity contribution in [3.05, 3.63) is 52.1 Å². The molecule has 194 valence electrons. The van der Waals surface area contributed by atoms with Crippen molar-refractivity contribution < 1.29 is 45.5 Å². The number of carbonyl (C=O) groups excluding carboxylic acids is 1. The third-order valence-electron chi connectivity index (χ3n) is 5.31. The Hall–Kier alpha value is -2.80. The maximum Gasteiger partial charge on any atom is 0.416 e. The number of aliphatic carboxylic acids is 1. The molecule has 3 rings (SSSR count). The molecule has 13 heteroatoms. The van der Waals surface area contributed by atoms with Gasteiger partial charge in [0.05, 0.1) is 16.0 Å². The number of nitrogens with zero attached hydrogens (tertiary/aromatic N) is 1. The van der Waals surface area contributed by atoms with Gasteiger partial charge in [-0.3, -0.25) is 14.5 Å². The van der Waals surface area contributed by atoms with E-state index >= 15 is 0 Å². The fourth-order valence-corrected chi connectivity index (χ4v) is 4.78. The average molecular weight is 552 g/mol. The first kappa shape index (κ1) is 27.8. The molecule has 1 aromatic carbocycles. The van der Waals surface area contributed by atoms with E-state index < -0.39 is 40.9 Å². The Morgan fingerprint density at radius 2 is 1.64 bits per heavy atom. The fourth-order valence-electron chi connectivity index (χ4n) is 3.45. The highest BCUT2D eigenvalue weighted by Crippen LogP contribution is 2.41. The molecule has 0 bridgehead atoms. The summed E-state index contributed by atoms with van der Waals surface area (Å²) in [6.45, 7) is 1.82. The lowest BCUT2D eigenvalue weighted by Crippen LogP contribution is -2.29. The van der Waals surface area contributed by atoms with Gasteiger partial charge in [-0.25, -0.2) is 0 Å². The van der Waals surface area contributed by atoms with E-state index in [1.54, 1.807) is 0 Å². The van der Waals surface area contributed by atoms with Gasteiger partial charge in [0.2, 0.25) is 0 Å². The second-order valence-electron chi connectivity index (χ2n) is 7.94. The Bertz CT molecular complexity index is 1180. The van der Waals surface area contributed by atoms with E-state index in [1.165, 1.54) is 24.0 Å². The van der Waals surface area contributed by atoms with E-state index in [2.05, 4.69) is 0 Å². The Morgan fingerprint density at radius 3 is 2.19 bits per heavy atom. The van der Waals surface area contributed by atoms with Crippen LogP contribution in [0.5, 0.6) is 0 Å². The van der Waals surface area contributed by atoms with Gasteiger partial charge in [-0.1, -0.05) is 30.4 Å². The third-order valence-corrected chi connectivity index (χ3v) is 6.86. The first-order chi connectivity index (χ1) is 16.7. The van der Waals surface area contributed by atoms with Crippen LogP contribution in [0, 0.1) is 0 Å². The van der Waals surface area contributed by atoms with E-state index in [0.717, 1.165) is 11.8 Å². The van der Waals surface area contributed by atoms with Crippen LogP contribution in [0.25, 0.3) is 16.9 Å². The number of halogens is 6. The molecule has 1 saturated heterocycles. The second kappa shape index (κ2) is 10.7. The molecule has 0 atom stereocenters. The van der Waals surface area contributed by atoms with Gasteiger partial charge in [0.1, 0.15) is 15.8 Å². The quantitative estimate of drug-likeness (QED) is 0.162. The number of thioether (sulfide) groups is 1. The van der Waals surface area contributed by atoms with Gasteiger partial charge in [0, 0.05) is 24.1 Å². The number of amides is 1. The normalized spacial score (nSPS) is 16.1. The molecular weight excluding hydrogens is 532 g/mol. The molecule has 1 aliphatic rings. The summed E-state index contributed by atoms with van der Waals surface area (Å²) in [5.41, 5.74) is -3.02. The zero-order valence-corrected chi connectivity index (χ0v) is 20.3. The molecule has 1 aromatic heterocycles. The molecule has 2 heterocycles. The number of allylic oxidation sites excluding steroid dienone is 1. The molecule has 1 aliphatic heterocycles. The van der Waals surface area contributed by atoms with Crippen molar-refractivity contribution in [1.29, 1.82) is 0 Å². The largest absolute Gasteiger partial charge is 0.481 e. The van der Waals surface area contributed by atoms with Gasteiger partial charge in [-0.2, -0.15) is 26.3 Å². The van der Waals surface area contributed by atoms with E-state index in [-0.39, 0.29) is 39.8 Å². The van der Waals surface area contributed by atoms with Crippen LogP contribution in [0.1, 0.15) is 49.5 Å². The number of rotatable bonds is 8. The van der Waals surface area contributed by atoms with Crippen LogP contribution in [0.4, 0.5) is 26.3 Å². The number of hydrogen-bond acceptors (Lipinski definition) is 5. The average Bonchev–Trinajstić information content (AvgIpc) is 3.37. The van der Waals surface area contributed by atoms with Gasteiger partial charge < -0.3 is 9.52 Å². The number of carbonyl (C=O) groups is 2. The summed E-state index contributed by atoms with van der Waals surface area (Å²) in [6, 6.07) is 3.76. The van der Waals surface area contributed by atoms with Gasteiger partial charge in [-0.15, -0.1) is 0 Å². The van der Waals surface area contributed by atoms with Gasteiger partial charge in [0.25, 0.3) is 5.91 Å². The highest BCUT2D eigenvalue weighted by Gasteiger charge is 2.37. The summed E-state index contributed by atoms with van der Waals surface area (Å²) in [4.78, 5) is 25.0. The lowest BCUT2D eigenvalue weighted by atomic mass is 10.0. The van der Waals surface area contributed by atoms with Crippen LogP contribution in [-0.2, 0) is 21.9 Å². The molecule has 1 fully saturated rings. The van der Waals surface area contributed by atoms with Crippen LogP contribution in [0.3, 0.4) is 0 Å². The molecule has 0 spiro atoms. The van der Waals surface area contributed by atoms with Crippen LogP contribution in [0.15, 0.2) is 39.7 Å². The predicted molar refractivity (Wildman–Crippen MR) is 125 cm³/mol. The van der Waals surface area contributed by atoms with Crippen LogP contribution >= 0.6 is 24.0 Å². The van der Waals surface area contributed by atoms with Gasteiger partial charge in [0.15, 0.2) is 0 Å². The zero-order valence-electron chi connectivity index (χ0n) is 18.6. The third kappa shape index (κ3) is 6.49. The number of carboxylic acids is 1. The number of thiocarbonyl (C=S) groups is 1. The number of hydrogen-bond donors (Lipinski definition) is 1. The van der Waals surface area contributed by atoms with Crippen LogP contribution in [-0.4, -0.2) is 32.7 Å². The van der Waals surface area contributed by atoms with Crippen molar-refractivity contribution in [3.63, 3.8) is 0 Å². The maximum atomic E-state index is 13.2. The number of benzene rings is 1. The lowest BCUT2D eigenvalue weighted by molar-refractivity contribution is -0.143. The Kier molecular flexibility index (Phi) is 8.23. The zero-order chi connectivity index (χ0) is 26.8. The van der Waals surface area contributed by atoms with Crippen molar-refractivity contribution >= 4 is 45.7 Å². The first-order valence-electron chi connectivity index (χ1n) is 10.5. The minimum atomic E-state index is -5.00. The summed E-state index contributed by atoms with van der Waals surface area (Å²) >= 11 is 6.27. The Balaban J connectivity index is 1.84. The topological polar surface area (TPSA) is 70.8 Å². The Labute approximate surface area is 211 Å². The van der Waals surface area contributed by atoms with Crippen molar-refractivity contribution in [1.82, 2.24) is 4.90 Å². The number of alkyl halides is 6. The van der Waals surface area contributed by atoms with E-state index in [9.17, 15) is 35.9 Å². The highest BCUT2D eigenvalue weighted by molar-refractivity contribution is 8.26. The molecule has 0 radical (unpaired) electrons. The summed E-state index contributed by atoms with van der Waals surface area (Å²) < 4.78 is 84.9. The monoisotopic (exact) mass is 551 g/mol.